The summed E-state index contributed by atoms with van der Waals surface area (Å²) < 4.78 is 36.9. The Balaban J connectivity index is 2.36. The molecule has 0 aliphatic heterocycles. The minimum Gasteiger partial charge on any atom is -0.478 e. The van der Waals surface area contributed by atoms with Gasteiger partial charge in [-0.15, -0.1) is 11.3 Å². The average molecular weight is 321 g/mol. The van der Waals surface area contributed by atoms with Gasteiger partial charge in [-0.1, -0.05) is 13.3 Å². The number of nitrogens with one attached hydrogen (secondary N) is 1. The van der Waals surface area contributed by atoms with E-state index in [0.29, 0.717) is 24.3 Å². The monoisotopic (exact) mass is 321 g/mol. The summed E-state index contributed by atoms with van der Waals surface area (Å²) in [5, 5.41) is 10.7. The summed E-state index contributed by atoms with van der Waals surface area (Å²) in [4.78, 5) is 23.1. The van der Waals surface area contributed by atoms with Crippen LogP contribution in [0.2, 0.25) is 0 Å². The van der Waals surface area contributed by atoms with Crippen LogP contribution in [0.5, 0.6) is 0 Å². The lowest BCUT2D eigenvalue weighted by atomic mass is 9.86. The van der Waals surface area contributed by atoms with E-state index in [2.05, 4.69) is 0 Å². The third-order valence-electron chi connectivity index (χ3n) is 3.64. The maximum Gasteiger partial charge on any atom is 0.471 e. The zero-order valence-corrected chi connectivity index (χ0v) is 12.0. The van der Waals surface area contributed by atoms with Gasteiger partial charge in [0.05, 0.1) is 5.56 Å². The van der Waals surface area contributed by atoms with Crippen LogP contribution in [0.1, 0.15) is 40.6 Å². The Kier molecular flexibility index (Phi) is 4.27. The quantitative estimate of drug-likeness (QED) is 0.896. The molecule has 1 amide bonds. The fourth-order valence-corrected chi connectivity index (χ4v) is 3.84. The number of carboxylic acid groups (broad SMARTS) is 1. The Morgan fingerprint density at radius 1 is 1.43 bits per heavy atom. The molecule has 1 unspecified atom stereocenters. The van der Waals surface area contributed by atoms with E-state index in [1.54, 1.807) is 5.32 Å². The third kappa shape index (κ3) is 3.20. The molecule has 0 saturated carbocycles. The summed E-state index contributed by atoms with van der Waals surface area (Å²) >= 11 is 0.941. The Morgan fingerprint density at radius 2 is 2.10 bits per heavy atom. The van der Waals surface area contributed by atoms with Crippen LogP contribution in [0.15, 0.2) is 0 Å². The van der Waals surface area contributed by atoms with Crippen LogP contribution >= 0.6 is 11.3 Å². The number of carboxylic acids is 1. The van der Waals surface area contributed by atoms with Crippen molar-refractivity contribution in [3.8, 4) is 0 Å². The first-order valence-electron chi connectivity index (χ1n) is 6.50. The fraction of sp³-hybridized carbons (Fsp3) is 0.538. The van der Waals surface area contributed by atoms with Gasteiger partial charge in [-0.05, 0) is 30.7 Å². The van der Waals surface area contributed by atoms with E-state index in [9.17, 15) is 27.9 Å². The first-order chi connectivity index (χ1) is 9.74. The number of amides is 1. The van der Waals surface area contributed by atoms with Gasteiger partial charge in [0, 0.05) is 4.88 Å². The molecular weight excluding hydrogens is 307 g/mol. The van der Waals surface area contributed by atoms with E-state index >= 15 is 0 Å². The van der Waals surface area contributed by atoms with E-state index in [1.165, 1.54) is 0 Å². The number of hydrogen-bond donors (Lipinski definition) is 2. The maximum atomic E-state index is 12.3. The second kappa shape index (κ2) is 5.67. The number of halogens is 3. The van der Waals surface area contributed by atoms with Crippen LogP contribution < -0.4 is 5.32 Å². The Bertz CT molecular complexity index is 580. The molecule has 21 heavy (non-hydrogen) atoms. The predicted molar refractivity (Wildman–Crippen MR) is 71.8 cm³/mol. The maximum absolute atomic E-state index is 12.3. The highest BCUT2D eigenvalue weighted by Crippen LogP contribution is 2.40. The molecule has 4 nitrogen and oxygen atoms in total. The molecule has 0 bridgehead atoms. The lowest BCUT2D eigenvalue weighted by Crippen LogP contribution is -2.30. The molecule has 1 heterocycles. The van der Waals surface area contributed by atoms with Crippen molar-refractivity contribution in [2.75, 3.05) is 5.32 Å². The minimum atomic E-state index is -5.04. The number of carbonyl (C=O) groups is 2. The number of carbonyl (C=O) groups excluding carboxylic acids is 1. The van der Waals surface area contributed by atoms with E-state index in [1.807, 2.05) is 6.92 Å². The number of hydrogen-bond acceptors (Lipinski definition) is 3. The number of alkyl halides is 3. The van der Waals surface area contributed by atoms with Gasteiger partial charge in [0.2, 0.25) is 0 Å². The van der Waals surface area contributed by atoms with Gasteiger partial charge in [-0.3, -0.25) is 4.79 Å². The molecule has 0 radical (unpaired) electrons. The molecule has 0 fully saturated rings. The highest BCUT2D eigenvalue weighted by molar-refractivity contribution is 7.17. The molecule has 0 spiro atoms. The normalized spacial score (nSPS) is 18.2. The summed E-state index contributed by atoms with van der Waals surface area (Å²) in [6, 6.07) is 0. The van der Waals surface area contributed by atoms with Crippen molar-refractivity contribution in [3.05, 3.63) is 16.0 Å². The summed E-state index contributed by atoms with van der Waals surface area (Å²) in [5.74, 6) is -3.04. The van der Waals surface area contributed by atoms with E-state index in [0.717, 1.165) is 29.1 Å². The van der Waals surface area contributed by atoms with Crippen molar-refractivity contribution in [2.24, 2.45) is 5.92 Å². The molecule has 1 aliphatic carbocycles. The summed E-state index contributed by atoms with van der Waals surface area (Å²) in [6.45, 7) is 2.02. The van der Waals surface area contributed by atoms with Gasteiger partial charge in [0.1, 0.15) is 5.00 Å². The van der Waals surface area contributed by atoms with Crippen LogP contribution in [0.4, 0.5) is 18.2 Å². The molecule has 1 aromatic rings. The van der Waals surface area contributed by atoms with Crippen LogP contribution in [-0.2, 0) is 17.6 Å². The van der Waals surface area contributed by atoms with Crippen LogP contribution in [0.25, 0.3) is 0 Å². The molecule has 2 N–H and O–H groups in total. The molecule has 0 aromatic carbocycles. The third-order valence-corrected chi connectivity index (χ3v) is 4.81. The smallest absolute Gasteiger partial charge is 0.471 e. The van der Waals surface area contributed by atoms with Gasteiger partial charge in [-0.25, -0.2) is 4.79 Å². The SMILES string of the molecule is CCC1CCc2c(sc(NC(=O)C(F)(F)F)c2C(=O)O)C1. The lowest BCUT2D eigenvalue weighted by molar-refractivity contribution is -0.167. The van der Waals surface area contributed by atoms with Gasteiger partial charge in [-0.2, -0.15) is 13.2 Å². The average Bonchev–Trinajstić information content (AvgIpc) is 2.74. The molecule has 2 rings (SSSR count). The molecule has 116 valence electrons. The van der Waals surface area contributed by atoms with E-state index < -0.39 is 18.1 Å². The Morgan fingerprint density at radius 3 is 2.62 bits per heavy atom. The minimum absolute atomic E-state index is 0.192. The van der Waals surface area contributed by atoms with Crippen molar-refractivity contribution in [2.45, 2.75) is 38.8 Å². The van der Waals surface area contributed by atoms with Gasteiger partial charge >= 0.3 is 18.1 Å². The Hall–Kier alpha value is -1.57. The molecule has 0 saturated heterocycles. The highest BCUT2D eigenvalue weighted by atomic mass is 32.1. The highest BCUT2D eigenvalue weighted by Gasteiger charge is 2.40. The molecular formula is C13H14F3NO3S. The van der Waals surface area contributed by atoms with Gasteiger partial charge in [0.15, 0.2) is 0 Å². The number of thiophene rings is 1. The van der Waals surface area contributed by atoms with Crippen molar-refractivity contribution >= 4 is 28.2 Å². The number of anilines is 1. The summed E-state index contributed by atoms with van der Waals surface area (Å²) in [5.41, 5.74) is 0.372. The second-order valence-electron chi connectivity index (χ2n) is 4.98. The van der Waals surface area contributed by atoms with Crippen LogP contribution in [-0.4, -0.2) is 23.2 Å². The first kappa shape index (κ1) is 15.8. The van der Waals surface area contributed by atoms with Crippen molar-refractivity contribution in [1.29, 1.82) is 0 Å². The topological polar surface area (TPSA) is 66.4 Å². The second-order valence-corrected chi connectivity index (χ2v) is 6.09. The van der Waals surface area contributed by atoms with E-state index in [-0.39, 0.29) is 10.6 Å². The molecule has 1 atom stereocenters. The van der Waals surface area contributed by atoms with Crippen LogP contribution in [0.3, 0.4) is 0 Å². The predicted octanol–water partition coefficient (Wildman–Crippen LogP) is 3.46. The summed E-state index contributed by atoms with van der Waals surface area (Å²) in [7, 11) is 0. The molecule has 8 heteroatoms. The fourth-order valence-electron chi connectivity index (χ4n) is 2.49. The number of fused-ring (bicyclic) bond motifs is 1. The lowest BCUT2D eigenvalue weighted by Gasteiger charge is -2.20. The largest absolute Gasteiger partial charge is 0.478 e. The van der Waals surface area contributed by atoms with Crippen LogP contribution in [0, 0.1) is 5.92 Å². The zero-order valence-electron chi connectivity index (χ0n) is 11.2. The molecule has 1 aliphatic rings. The van der Waals surface area contributed by atoms with Gasteiger partial charge in [0.25, 0.3) is 0 Å². The van der Waals surface area contributed by atoms with Crippen molar-refractivity contribution in [3.63, 3.8) is 0 Å². The number of aromatic carboxylic acids is 1. The summed E-state index contributed by atoms with van der Waals surface area (Å²) in [6.07, 6.45) is -2.12. The van der Waals surface area contributed by atoms with E-state index in [4.69, 9.17) is 0 Å². The Labute approximate surface area is 123 Å². The van der Waals surface area contributed by atoms with Gasteiger partial charge < -0.3 is 10.4 Å². The zero-order chi connectivity index (χ0) is 15.8. The van der Waals surface area contributed by atoms with Crippen molar-refractivity contribution < 1.29 is 27.9 Å². The van der Waals surface area contributed by atoms with Crippen molar-refractivity contribution in [1.82, 2.24) is 0 Å². The molecule has 1 aromatic heterocycles. The standard InChI is InChI=1S/C13H14F3NO3S/c1-2-6-3-4-7-8(5-6)21-10(9(7)11(18)19)17-12(20)13(14,15)16/h6H,2-5H2,1H3,(H,17,20)(H,18,19). The number of rotatable bonds is 3. The first-order valence-corrected chi connectivity index (χ1v) is 7.31.